The lowest BCUT2D eigenvalue weighted by atomic mass is 9.81. The van der Waals surface area contributed by atoms with Crippen molar-refractivity contribution in [1.82, 2.24) is 0 Å². The van der Waals surface area contributed by atoms with Crippen molar-refractivity contribution in [3.05, 3.63) is 28.5 Å². The lowest BCUT2D eigenvalue weighted by molar-refractivity contribution is 0.331. The third-order valence-electron chi connectivity index (χ3n) is 3.53. The zero-order valence-corrected chi connectivity index (χ0v) is 11.4. The Morgan fingerprint density at radius 1 is 1.29 bits per heavy atom. The quantitative estimate of drug-likeness (QED) is 0.894. The molecule has 0 aromatic heterocycles. The van der Waals surface area contributed by atoms with E-state index in [-0.39, 0.29) is 11.4 Å². The Kier molecular flexibility index (Phi) is 4.05. The normalized spacial score (nSPS) is 19.0. The summed E-state index contributed by atoms with van der Waals surface area (Å²) in [4.78, 5) is 0. The largest absolute Gasteiger partial charge is 0.378 e. The number of halogens is 2. The van der Waals surface area contributed by atoms with E-state index in [0.29, 0.717) is 11.0 Å². The van der Waals surface area contributed by atoms with E-state index >= 15 is 0 Å². The van der Waals surface area contributed by atoms with Gasteiger partial charge in [-0.25, -0.2) is 4.39 Å². The number of hydrogen-bond acceptors (Lipinski definition) is 2. The van der Waals surface area contributed by atoms with Crippen molar-refractivity contribution >= 4 is 21.6 Å². The van der Waals surface area contributed by atoms with E-state index in [0.717, 1.165) is 18.5 Å². The molecule has 0 bridgehead atoms. The summed E-state index contributed by atoms with van der Waals surface area (Å²) in [5, 5.41) is 3.49. The van der Waals surface area contributed by atoms with Gasteiger partial charge in [0.25, 0.3) is 0 Å². The average molecular weight is 301 g/mol. The topological polar surface area (TPSA) is 38.0 Å². The third kappa shape index (κ3) is 2.99. The van der Waals surface area contributed by atoms with Crippen molar-refractivity contribution in [2.45, 2.75) is 37.6 Å². The summed E-state index contributed by atoms with van der Waals surface area (Å²) < 4.78 is 13.6. The molecule has 1 aromatic rings. The van der Waals surface area contributed by atoms with Crippen LogP contribution < -0.4 is 11.1 Å². The monoisotopic (exact) mass is 300 g/mol. The van der Waals surface area contributed by atoms with Gasteiger partial charge in [0.1, 0.15) is 5.82 Å². The predicted octanol–water partition coefficient (Wildman–Crippen LogP) is 3.66. The highest BCUT2D eigenvalue weighted by Gasteiger charge is 2.30. The molecule has 2 rings (SSSR count). The maximum absolute atomic E-state index is 13.2. The average Bonchev–Trinajstić information content (AvgIpc) is 2.35. The van der Waals surface area contributed by atoms with Crippen LogP contribution in [0.15, 0.2) is 22.7 Å². The Morgan fingerprint density at radius 3 is 2.59 bits per heavy atom. The fourth-order valence-electron chi connectivity index (χ4n) is 2.49. The van der Waals surface area contributed by atoms with Crippen LogP contribution in [0.5, 0.6) is 0 Å². The predicted molar refractivity (Wildman–Crippen MR) is 72.6 cm³/mol. The summed E-state index contributed by atoms with van der Waals surface area (Å²) in [6.45, 7) is 0.627. The molecular weight excluding hydrogens is 283 g/mol. The van der Waals surface area contributed by atoms with E-state index in [2.05, 4.69) is 21.2 Å². The van der Waals surface area contributed by atoms with Crippen molar-refractivity contribution in [2.24, 2.45) is 5.73 Å². The molecule has 0 saturated heterocycles. The number of benzene rings is 1. The zero-order chi connectivity index (χ0) is 12.3. The van der Waals surface area contributed by atoms with Crippen LogP contribution >= 0.6 is 15.9 Å². The first-order chi connectivity index (χ1) is 8.15. The third-order valence-corrected chi connectivity index (χ3v) is 4.14. The van der Waals surface area contributed by atoms with Crippen molar-refractivity contribution in [2.75, 3.05) is 11.9 Å². The molecule has 2 nitrogen and oxygen atoms in total. The summed E-state index contributed by atoms with van der Waals surface area (Å²) in [5.74, 6) is -0.235. The maximum Gasteiger partial charge on any atom is 0.137 e. The van der Waals surface area contributed by atoms with E-state index < -0.39 is 0 Å². The Bertz CT molecular complexity index is 389. The van der Waals surface area contributed by atoms with Gasteiger partial charge in [0.05, 0.1) is 4.47 Å². The van der Waals surface area contributed by atoms with E-state index in [1.54, 1.807) is 12.1 Å². The summed E-state index contributed by atoms with van der Waals surface area (Å²) in [6, 6.07) is 5.02. The number of nitrogens with two attached hydrogens (primary N) is 1. The molecule has 1 aromatic carbocycles. The van der Waals surface area contributed by atoms with Crippen LogP contribution in [0.1, 0.15) is 32.1 Å². The SMILES string of the molecule is NCC1(Nc2ccc(F)c(Br)c2)CCCCC1. The summed E-state index contributed by atoms with van der Waals surface area (Å²) >= 11 is 3.20. The smallest absolute Gasteiger partial charge is 0.137 e. The summed E-state index contributed by atoms with van der Waals surface area (Å²) in [7, 11) is 0. The molecule has 17 heavy (non-hydrogen) atoms. The molecule has 0 heterocycles. The molecule has 1 fully saturated rings. The second-order valence-corrected chi connectivity index (χ2v) is 5.65. The summed E-state index contributed by atoms with van der Waals surface area (Å²) in [5.41, 5.74) is 6.84. The van der Waals surface area contributed by atoms with Gasteiger partial charge >= 0.3 is 0 Å². The molecule has 1 saturated carbocycles. The lowest BCUT2D eigenvalue weighted by Crippen LogP contribution is -2.46. The van der Waals surface area contributed by atoms with Crippen LogP contribution in [0.4, 0.5) is 10.1 Å². The van der Waals surface area contributed by atoms with Gasteiger partial charge in [0, 0.05) is 17.8 Å². The van der Waals surface area contributed by atoms with E-state index in [9.17, 15) is 4.39 Å². The van der Waals surface area contributed by atoms with Crippen LogP contribution in [0.2, 0.25) is 0 Å². The first-order valence-electron chi connectivity index (χ1n) is 6.08. The molecule has 0 radical (unpaired) electrons. The first kappa shape index (κ1) is 12.8. The van der Waals surface area contributed by atoms with E-state index in [4.69, 9.17) is 5.73 Å². The standard InChI is InChI=1S/C13H18BrFN2/c14-11-8-10(4-5-12(11)15)17-13(9-16)6-2-1-3-7-13/h4-5,8,17H,1-3,6-7,9,16H2. The van der Waals surface area contributed by atoms with E-state index in [1.807, 2.05) is 0 Å². The van der Waals surface area contributed by atoms with Gasteiger partial charge < -0.3 is 11.1 Å². The van der Waals surface area contributed by atoms with Gasteiger partial charge in [-0.2, -0.15) is 0 Å². The van der Waals surface area contributed by atoms with Gasteiger partial charge in [0.15, 0.2) is 0 Å². The molecule has 3 N–H and O–H groups in total. The molecular formula is C13H18BrFN2. The van der Waals surface area contributed by atoms with Crippen molar-refractivity contribution in [3.8, 4) is 0 Å². The van der Waals surface area contributed by atoms with Gasteiger partial charge in [-0.1, -0.05) is 19.3 Å². The minimum Gasteiger partial charge on any atom is -0.378 e. The molecule has 0 aliphatic heterocycles. The van der Waals surface area contributed by atoms with Crippen molar-refractivity contribution in [3.63, 3.8) is 0 Å². The van der Waals surface area contributed by atoms with Crippen molar-refractivity contribution in [1.29, 1.82) is 0 Å². The Balaban J connectivity index is 2.14. The molecule has 4 heteroatoms. The molecule has 0 atom stereocenters. The Hall–Kier alpha value is -0.610. The minimum absolute atomic E-state index is 0.00444. The highest BCUT2D eigenvalue weighted by molar-refractivity contribution is 9.10. The lowest BCUT2D eigenvalue weighted by Gasteiger charge is -2.38. The van der Waals surface area contributed by atoms with Crippen LogP contribution in [-0.2, 0) is 0 Å². The molecule has 0 unspecified atom stereocenters. The second kappa shape index (κ2) is 5.36. The highest BCUT2D eigenvalue weighted by Crippen LogP contribution is 2.32. The molecule has 0 spiro atoms. The van der Waals surface area contributed by atoms with E-state index in [1.165, 1.54) is 25.3 Å². The first-order valence-corrected chi connectivity index (χ1v) is 6.88. The summed E-state index contributed by atoms with van der Waals surface area (Å²) in [6.07, 6.45) is 5.91. The minimum atomic E-state index is -0.235. The number of nitrogens with one attached hydrogen (secondary N) is 1. The number of rotatable bonds is 3. The Morgan fingerprint density at radius 2 is 2.00 bits per heavy atom. The van der Waals surface area contributed by atoms with Gasteiger partial charge in [0.2, 0.25) is 0 Å². The zero-order valence-electron chi connectivity index (χ0n) is 9.81. The van der Waals surface area contributed by atoms with Crippen LogP contribution in [0.3, 0.4) is 0 Å². The maximum atomic E-state index is 13.2. The van der Waals surface area contributed by atoms with Crippen LogP contribution in [0, 0.1) is 5.82 Å². The van der Waals surface area contributed by atoms with Gasteiger partial charge in [-0.3, -0.25) is 0 Å². The van der Waals surface area contributed by atoms with Crippen LogP contribution in [0.25, 0.3) is 0 Å². The highest BCUT2D eigenvalue weighted by atomic mass is 79.9. The van der Waals surface area contributed by atoms with Gasteiger partial charge in [-0.05, 0) is 47.0 Å². The van der Waals surface area contributed by atoms with Gasteiger partial charge in [-0.15, -0.1) is 0 Å². The number of hydrogen-bond donors (Lipinski definition) is 2. The molecule has 94 valence electrons. The number of anilines is 1. The second-order valence-electron chi connectivity index (χ2n) is 4.80. The van der Waals surface area contributed by atoms with Crippen LogP contribution in [-0.4, -0.2) is 12.1 Å². The fourth-order valence-corrected chi connectivity index (χ4v) is 2.87. The molecule has 1 aliphatic rings. The Labute approximate surface area is 110 Å². The molecule has 1 aliphatic carbocycles. The molecule has 0 amide bonds. The van der Waals surface area contributed by atoms with Crippen molar-refractivity contribution < 1.29 is 4.39 Å². The fraction of sp³-hybridized carbons (Fsp3) is 0.538.